The van der Waals surface area contributed by atoms with Gasteiger partial charge in [0.25, 0.3) is 15.9 Å². The van der Waals surface area contributed by atoms with Crippen molar-refractivity contribution in [1.29, 1.82) is 0 Å². The van der Waals surface area contributed by atoms with Crippen molar-refractivity contribution in [1.82, 2.24) is 4.31 Å². The van der Waals surface area contributed by atoms with Gasteiger partial charge in [0.15, 0.2) is 0 Å². The standard InChI is InChI=1S/C17H21NO6S/c1-23-17-12-15(19)18(25(17,21)22)11-7-3-6-10-16(20)24-13-14-8-4-2-5-9-14/h2,4-5,8-9,12H,3,6-7,10-11,13H2,1H3. The SMILES string of the molecule is COC1=CC(=O)N(CCCCCC(=O)OCc2ccccc2)S1(=O)=O. The molecule has 1 aromatic rings. The van der Waals surface area contributed by atoms with Crippen molar-refractivity contribution >= 4 is 21.9 Å². The number of ether oxygens (including phenoxy) is 2. The number of methoxy groups -OCH3 is 1. The summed E-state index contributed by atoms with van der Waals surface area (Å²) in [4.78, 5) is 23.3. The lowest BCUT2D eigenvalue weighted by molar-refractivity contribution is -0.145. The number of carbonyl (C=O) groups is 2. The predicted molar refractivity (Wildman–Crippen MR) is 90.4 cm³/mol. The Kier molecular flexibility index (Phi) is 6.58. The van der Waals surface area contributed by atoms with E-state index < -0.39 is 15.9 Å². The van der Waals surface area contributed by atoms with Gasteiger partial charge in [0, 0.05) is 13.0 Å². The Balaban J connectivity index is 1.64. The molecule has 0 spiro atoms. The van der Waals surface area contributed by atoms with Crippen molar-refractivity contribution in [2.45, 2.75) is 32.3 Å². The summed E-state index contributed by atoms with van der Waals surface area (Å²) >= 11 is 0. The van der Waals surface area contributed by atoms with Crippen LogP contribution in [0.15, 0.2) is 41.5 Å². The minimum atomic E-state index is -3.84. The first-order valence-corrected chi connectivity index (χ1v) is 9.41. The highest BCUT2D eigenvalue weighted by atomic mass is 32.2. The molecule has 0 N–H and O–H groups in total. The van der Waals surface area contributed by atoms with Gasteiger partial charge in [-0.3, -0.25) is 9.59 Å². The van der Waals surface area contributed by atoms with Gasteiger partial charge in [-0.1, -0.05) is 36.8 Å². The Morgan fingerprint density at radius 1 is 1.12 bits per heavy atom. The maximum atomic E-state index is 12.0. The molecule has 1 aliphatic heterocycles. The molecule has 25 heavy (non-hydrogen) atoms. The van der Waals surface area contributed by atoms with Crippen LogP contribution in [-0.4, -0.2) is 38.3 Å². The molecule has 0 saturated heterocycles. The second-order valence-electron chi connectivity index (χ2n) is 5.54. The molecule has 0 saturated carbocycles. The molecule has 1 heterocycles. The second kappa shape index (κ2) is 8.66. The maximum Gasteiger partial charge on any atom is 0.306 e. The molecule has 2 rings (SSSR count). The number of nitrogens with zero attached hydrogens (tertiary/aromatic N) is 1. The van der Waals surface area contributed by atoms with Crippen LogP contribution in [-0.2, 0) is 35.7 Å². The van der Waals surface area contributed by atoms with E-state index in [4.69, 9.17) is 9.47 Å². The molecule has 0 bridgehead atoms. The summed E-state index contributed by atoms with van der Waals surface area (Å²) in [7, 11) is -2.63. The monoisotopic (exact) mass is 367 g/mol. The minimum absolute atomic E-state index is 0.0730. The maximum absolute atomic E-state index is 12.0. The van der Waals surface area contributed by atoms with E-state index >= 15 is 0 Å². The summed E-state index contributed by atoms with van der Waals surface area (Å²) in [5.41, 5.74) is 0.926. The van der Waals surface area contributed by atoms with Gasteiger partial charge >= 0.3 is 5.97 Å². The Morgan fingerprint density at radius 2 is 1.84 bits per heavy atom. The molecule has 0 radical (unpaired) electrons. The number of esters is 1. The van der Waals surface area contributed by atoms with Crippen LogP contribution in [0.3, 0.4) is 0 Å². The van der Waals surface area contributed by atoms with Gasteiger partial charge in [0.1, 0.15) is 6.61 Å². The molecule has 1 amide bonds. The van der Waals surface area contributed by atoms with Gasteiger partial charge < -0.3 is 9.47 Å². The molecule has 0 unspecified atom stereocenters. The first kappa shape index (κ1) is 19.0. The van der Waals surface area contributed by atoms with Crippen molar-refractivity contribution in [3.8, 4) is 0 Å². The minimum Gasteiger partial charge on any atom is -0.485 e. The number of benzene rings is 1. The van der Waals surface area contributed by atoms with E-state index in [0.717, 1.165) is 15.9 Å². The van der Waals surface area contributed by atoms with Gasteiger partial charge in [0.05, 0.1) is 13.2 Å². The normalized spacial score (nSPS) is 15.8. The molecule has 0 aromatic heterocycles. The molecular weight excluding hydrogens is 346 g/mol. The second-order valence-corrected chi connectivity index (χ2v) is 7.33. The number of unbranched alkanes of at least 4 members (excludes halogenated alkanes) is 2. The zero-order valence-electron chi connectivity index (χ0n) is 14.0. The van der Waals surface area contributed by atoms with Gasteiger partial charge in [-0.2, -0.15) is 8.42 Å². The van der Waals surface area contributed by atoms with E-state index in [1.807, 2.05) is 30.3 Å². The summed E-state index contributed by atoms with van der Waals surface area (Å²) < 4.78 is 34.6. The first-order chi connectivity index (χ1) is 11.9. The summed E-state index contributed by atoms with van der Waals surface area (Å²) in [6.07, 6.45) is 2.88. The lowest BCUT2D eigenvalue weighted by Crippen LogP contribution is -2.32. The summed E-state index contributed by atoms with van der Waals surface area (Å²) in [5, 5.41) is -0.331. The third-order valence-electron chi connectivity index (χ3n) is 3.72. The van der Waals surface area contributed by atoms with Crippen LogP contribution in [0.2, 0.25) is 0 Å². The average Bonchev–Trinajstić information content (AvgIpc) is 2.82. The van der Waals surface area contributed by atoms with E-state index in [9.17, 15) is 18.0 Å². The van der Waals surface area contributed by atoms with Gasteiger partial charge in [-0.15, -0.1) is 0 Å². The van der Waals surface area contributed by atoms with Crippen molar-refractivity contribution in [3.05, 3.63) is 47.1 Å². The molecule has 136 valence electrons. The van der Waals surface area contributed by atoms with Crippen LogP contribution in [0, 0.1) is 0 Å². The number of hydrogen-bond donors (Lipinski definition) is 0. The van der Waals surface area contributed by atoms with E-state index in [1.165, 1.54) is 7.11 Å². The molecule has 0 atom stereocenters. The fourth-order valence-corrected chi connectivity index (χ4v) is 3.72. The van der Waals surface area contributed by atoms with Crippen molar-refractivity contribution in [2.75, 3.05) is 13.7 Å². The van der Waals surface area contributed by atoms with Gasteiger partial charge in [0.2, 0.25) is 5.09 Å². The molecule has 0 aliphatic carbocycles. The quantitative estimate of drug-likeness (QED) is 0.489. The number of rotatable bonds is 9. The number of hydrogen-bond acceptors (Lipinski definition) is 6. The molecule has 7 nitrogen and oxygen atoms in total. The molecule has 1 aliphatic rings. The third kappa shape index (κ3) is 5.06. The summed E-state index contributed by atoms with van der Waals surface area (Å²) in [6.45, 7) is 0.315. The van der Waals surface area contributed by atoms with Crippen molar-refractivity contribution in [3.63, 3.8) is 0 Å². The average molecular weight is 367 g/mol. The number of carbonyl (C=O) groups excluding carboxylic acids is 2. The zero-order valence-corrected chi connectivity index (χ0v) is 14.8. The largest absolute Gasteiger partial charge is 0.485 e. The summed E-state index contributed by atoms with van der Waals surface area (Å²) in [5.74, 6) is -0.892. The van der Waals surface area contributed by atoms with E-state index in [-0.39, 0.29) is 30.6 Å². The van der Waals surface area contributed by atoms with Crippen LogP contribution < -0.4 is 0 Å². The molecule has 1 aromatic carbocycles. The Bertz CT molecular complexity index is 742. The highest BCUT2D eigenvalue weighted by Gasteiger charge is 2.37. The fourth-order valence-electron chi connectivity index (χ4n) is 2.38. The van der Waals surface area contributed by atoms with Crippen LogP contribution in [0.1, 0.15) is 31.2 Å². The lowest BCUT2D eigenvalue weighted by Gasteiger charge is -2.15. The van der Waals surface area contributed by atoms with Gasteiger partial charge in [-0.25, -0.2) is 4.31 Å². The highest BCUT2D eigenvalue weighted by Crippen LogP contribution is 2.22. The van der Waals surface area contributed by atoms with Crippen molar-refractivity contribution < 1.29 is 27.5 Å². The fraction of sp³-hybridized carbons (Fsp3) is 0.412. The van der Waals surface area contributed by atoms with Crippen LogP contribution >= 0.6 is 0 Å². The van der Waals surface area contributed by atoms with E-state index in [0.29, 0.717) is 19.3 Å². The van der Waals surface area contributed by atoms with E-state index in [1.54, 1.807) is 0 Å². The van der Waals surface area contributed by atoms with Crippen molar-refractivity contribution in [2.24, 2.45) is 0 Å². The van der Waals surface area contributed by atoms with Crippen LogP contribution in [0.4, 0.5) is 0 Å². The lowest BCUT2D eigenvalue weighted by atomic mass is 10.2. The van der Waals surface area contributed by atoms with Crippen LogP contribution in [0.5, 0.6) is 0 Å². The zero-order chi connectivity index (χ0) is 18.3. The first-order valence-electron chi connectivity index (χ1n) is 7.97. The molecular formula is C17H21NO6S. The third-order valence-corrected chi connectivity index (χ3v) is 5.45. The Morgan fingerprint density at radius 3 is 2.48 bits per heavy atom. The number of sulfonamides is 1. The van der Waals surface area contributed by atoms with Crippen LogP contribution in [0.25, 0.3) is 0 Å². The molecule has 8 heteroatoms. The van der Waals surface area contributed by atoms with E-state index in [2.05, 4.69) is 0 Å². The van der Waals surface area contributed by atoms with Gasteiger partial charge in [-0.05, 0) is 18.4 Å². The topological polar surface area (TPSA) is 90.0 Å². The summed E-state index contributed by atoms with van der Waals surface area (Å²) in [6, 6.07) is 9.40. The highest BCUT2D eigenvalue weighted by molar-refractivity contribution is 7.93. The predicted octanol–water partition coefficient (Wildman–Crippen LogP) is 1.95. The molecule has 0 fully saturated rings. The Labute approximate surface area is 147 Å². The number of amides is 1. The Hall–Kier alpha value is -2.35. The smallest absolute Gasteiger partial charge is 0.306 e.